The molecule has 0 N–H and O–H groups in total. The normalized spacial score (nSPS) is 24.6. The fourth-order valence-electron chi connectivity index (χ4n) is 5.77. The molecule has 40 heavy (non-hydrogen) atoms. The lowest BCUT2D eigenvalue weighted by Gasteiger charge is -2.40. The van der Waals surface area contributed by atoms with Gasteiger partial charge in [0, 0.05) is 25.6 Å². The number of likely N-dealkylation sites (tertiary alicyclic amines) is 1. The van der Waals surface area contributed by atoms with Crippen molar-refractivity contribution in [1.29, 1.82) is 0 Å². The zero-order chi connectivity index (χ0) is 28.7. The van der Waals surface area contributed by atoms with Crippen LogP contribution < -0.4 is 0 Å². The van der Waals surface area contributed by atoms with Gasteiger partial charge in [0.15, 0.2) is 6.29 Å². The summed E-state index contributed by atoms with van der Waals surface area (Å²) in [6.45, 7) is 3.88. The highest BCUT2D eigenvalue weighted by Crippen LogP contribution is 2.45. The van der Waals surface area contributed by atoms with E-state index in [9.17, 15) is 30.7 Å². The van der Waals surface area contributed by atoms with E-state index in [1.807, 2.05) is 30.3 Å². The molecular weight excluding hydrogens is 539 g/mol. The second-order valence-corrected chi connectivity index (χ2v) is 10.5. The highest BCUT2D eigenvalue weighted by atomic mass is 19.4. The smallest absolute Gasteiger partial charge is 0.352 e. The van der Waals surface area contributed by atoms with Gasteiger partial charge >= 0.3 is 12.4 Å². The lowest BCUT2D eigenvalue weighted by molar-refractivity contribution is -0.217. The standard InChI is InChI=1S/C30H28F7NO2/c1-18(21-11-23(29(32,33)34)13-24(12-21)30(35,36)37)40-28-27(20-7-9-25(31)10-8-20)26-16-38(15-22(26)17-39-28)14-19-5-3-2-4-6-19/h2-13,18,22,26-28H,14-17H2,1H3/t18-,22+,26-,27?,28?/m1/s1. The first-order valence-corrected chi connectivity index (χ1v) is 13.0. The molecule has 3 aromatic rings. The van der Waals surface area contributed by atoms with E-state index in [0.29, 0.717) is 25.3 Å². The predicted octanol–water partition coefficient (Wildman–Crippen LogP) is 7.83. The van der Waals surface area contributed by atoms with Crippen LogP contribution in [0.5, 0.6) is 0 Å². The Labute approximate surface area is 227 Å². The summed E-state index contributed by atoms with van der Waals surface area (Å²) < 4.78 is 107. The number of ether oxygens (including phenoxy) is 2. The first-order valence-electron chi connectivity index (χ1n) is 13.0. The number of halogens is 7. The Balaban J connectivity index is 1.42. The van der Waals surface area contributed by atoms with E-state index in [-0.39, 0.29) is 23.5 Å². The van der Waals surface area contributed by atoms with Crippen molar-refractivity contribution in [1.82, 2.24) is 4.90 Å². The number of alkyl halides is 6. The molecule has 2 fully saturated rings. The maximum Gasteiger partial charge on any atom is 0.416 e. The second-order valence-electron chi connectivity index (χ2n) is 10.5. The van der Waals surface area contributed by atoms with E-state index in [0.717, 1.165) is 24.2 Å². The molecule has 0 spiro atoms. The van der Waals surface area contributed by atoms with Crippen LogP contribution in [0.3, 0.4) is 0 Å². The van der Waals surface area contributed by atoms with Crippen LogP contribution in [0.2, 0.25) is 0 Å². The van der Waals surface area contributed by atoms with Crippen LogP contribution in [0.25, 0.3) is 0 Å². The molecule has 2 aliphatic rings. The maximum absolute atomic E-state index is 13.8. The van der Waals surface area contributed by atoms with Crippen molar-refractivity contribution >= 4 is 0 Å². The Morgan fingerprint density at radius 2 is 1.50 bits per heavy atom. The molecule has 5 atom stereocenters. The third kappa shape index (κ3) is 6.34. The molecule has 2 heterocycles. The largest absolute Gasteiger partial charge is 0.416 e. The number of nitrogens with zero attached hydrogens (tertiary/aromatic N) is 1. The number of rotatable bonds is 6. The van der Waals surface area contributed by atoms with Gasteiger partial charge in [0.2, 0.25) is 0 Å². The predicted molar refractivity (Wildman–Crippen MR) is 134 cm³/mol. The highest BCUT2D eigenvalue weighted by Gasteiger charge is 2.47. The third-order valence-electron chi connectivity index (χ3n) is 7.72. The van der Waals surface area contributed by atoms with E-state index in [4.69, 9.17) is 9.47 Å². The molecule has 2 saturated heterocycles. The molecule has 2 unspecified atom stereocenters. The summed E-state index contributed by atoms with van der Waals surface area (Å²) in [6, 6.07) is 17.3. The van der Waals surface area contributed by atoms with Crippen molar-refractivity contribution in [2.45, 2.75) is 44.1 Å². The molecule has 2 aliphatic heterocycles. The lowest BCUT2D eigenvalue weighted by atomic mass is 9.77. The topological polar surface area (TPSA) is 21.7 Å². The number of benzene rings is 3. The van der Waals surface area contributed by atoms with E-state index in [1.165, 1.54) is 19.1 Å². The Hall–Kier alpha value is -2.95. The van der Waals surface area contributed by atoms with Gasteiger partial charge in [0.25, 0.3) is 0 Å². The average molecular weight is 568 g/mol. The summed E-state index contributed by atoms with van der Waals surface area (Å²) in [5, 5.41) is 0. The Morgan fingerprint density at radius 1 is 0.875 bits per heavy atom. The van der Waals surface area contributed by atoms with Crippen molar-refractivity contribution in [2.24, 2.45) is 11.8 Å². The molecule has 3 nitrogen and oxygen atoms in total. The Kier molecular flexibility index (Phi) is 7.96. The summed E-state index contributed by atoms with van der Waals surface area (Å²) in [5.74, 6) is -0.689. The maximum atomic E-state index is 13.8. The summed E-state index contributed by atoms with van der Waals surface area (Å²) in [6.07, 6.45) is -12.0. The molecule has 0 aliphatic carbocycles. The molecule has 3 aromatic carbocycles. The van der Waals surface area contributed by atoms with Gasteiger partial charge in [0.05, 0.1) is 23.8 Å². The molecule has 0 radical (unpaired) electrons. The van der Waals surface area contributed by atoms with Gasteiger partial charge in [0.1, 0.15) is 5.82 Å². The van der Waals surface area contributed by atoms with Crippen molar-refractivity contribution in [3.8, 4) is 0 Å². The molecule has 214 valence electrons. The molecule has 0 bridgehead atoms. The summed E-state index contributed by atoms with van der Waals surface area (Å²) in [4.78, 5) is 2.29. The number of hydrogen-bond acceptors (Lipinski definition) is 3. The first-order chi connectivity index (χ1) is 18.9. The van der Waals surface area contributed by atoms with Crippen LogP contribution in [0.4, 0.5) is 30.7 Å². The fourth-order valence-corrected chi connectivity index (χ4v) is 5.77. The van der Waals surface area contributed by atoms with E-state index >= 15 is 0 Å². The second kappa shape index (κ2) is 11.1. The third-order valence-corrected chi connectivity index (χ3v) is 7.72. The highest BCUT2D eigenvalue weighted by molar-refractivity contribution is 5.35. The van der Waals surface area contributed by atoms with Gasteiger partial charge in [-0.15, -0.1) is 0 Å². The van der Waals surface area contributed by atoms with Crippen LogP contribution in [-0.2, 0) is 28.4 Å². The minimum Gasteiger partial charge on any atom is -0.352 e. The fraction of sp³-hybridized carbons (Fsp3) is 0.400. The quantitative estimate of drug-likeness (QED) is 0.284. The Morgan fingerprint density at radius 3 is 2.10 bits per heavy atom. The molecule has 10 heteroatoms. The zero-order valence-corrected chi connectivity index (χ0v) is 21.6. The van der Waals surface area contributed by atoms with Crippen molar-refractivity contribution < 1.29 is 40.2 Å². The first kappa shape index (κ1) is 28.6. The van der Waals surface area contributed by atoms with E-state index in [1.54, 1.807) is 12.1 Å². The van der Waals surface area contributed by atoms with Gasteiger partial charge < -0.3 is 9.47 Å². The molecule has 0 saturated carbocycles. The van der Waals surface area contributed by atoms with Gasteiger partial charge in [-0.25, -0.2) is 4.39 Å². The van der Waals surface area contributed by atoms with Gasteiger partial charge in [-0.1, -0.05) is 42.5 Å². The number of fused-ring (bicyclic) bond motifs is 1. The monoisotopic (exact) mass is 567 g/mol. The van der Waals surface area contributed by atoms with Crippen LogP contribution >= 0.6 is 0 Å². The molecule has 0 amide bonds. The van der Waals surface area contributed by atoms with Crippen LogP contribution in [0.1, 0.15) is 46.8 Å². The van der Waals surface area contributed by atoms with Crippen molar-refractivity contribution in [2.75, 3.05) is 19.7 Å². The van der Waals surface area contributed by atoms with Crippen LogP contribution in [0, 0.1) is 17.7 Å². The molecular formula is C30H28F7NO2. The van der Waals surface area contributed by atoms with Crippen molar-refractivity contribution in [3.63, 3.8) is 0 Å². The molecule has 5 rings (SSSR count). The van der Waals surface area contributed by atoms with Crippen molar-refractivity contribution in [3.05, 3.63) is 106 Å². The lowest BCUT2D eigenvalue weighted by Crippen LogP contribution is -2.42. The average Bonchev–Trinajstić information content (AvgIpc) is 3.31. The summed E-state index contributed by atoms with van der Waals surface area (Å²) in [7, 11) is 0. The minimum atomic E-state index is -4.97. The van der Waals surface area contributed by atoms with Crippen LogP contribution in [-0.4, -0.2) is 30.9 Å². The number of hydrogen-bond donors (Lipinski definition) is 0. The van der Waals surface area contributed by atoms with Gasteiger partial charge in [-0.3, -0.25) is 4.90 Å². The SMILES string of the molecule is C[C@@H](OC1OC[C@@H]2CN(Cc3ccccc3)C[C@H]2C1c1ccc(F)cc1)c1cc(C(F)(F)F)cc(C(F)(F)F)c1. The van der Waals surface area contributed by atoms with Gasteiger partial charge in [-0.2, -0.15) is 26.3 Å². The van der Waals surface area contributed by atoms with E-state index < -0.39 is 47.6 Å². The Bertz CT molecular complexity index is 1260. The van der Waals surface area contributed by atoms with Crippen LogP contribution in [0.15, 0.2) is 72.8 Å². The summed E-state index contributed by atoms with van der Waals surface area (Å²) >= 11 is 0. The minimum absolute atomic E-state index is 0.0207. The van der Waals surface area contributed by atoms with Gasteiger partial charge in [-0.05, 0) is 65.8 Å². The summed E-state index contributed by atoms with van der Waals surface area (Å²) in [5.41, 5.74) is -1.19. The molecule has 0 aromatic heterocycles. The van der Waals surface area contributed by atoms with E-state index in [2.05, 4.69) is 4.90 Å². The zero-order valence-electron chi connectivity index (χ0n) is 21.6.